The van der Waals surface area contributed by atoms with Gasteiger partial charge in [0, 0.05) is 0 Å². The zero-order valence-electron chi connectivity index (χ0n) is 15.2. The summed E-state index contributed by atoms with van der Waals surface area (Å²) in [5.74, 6) is 0.853. The Hall–Kier alpha value is -3.46. The van der Waals surface area contributed by atoms with Crippen molar-refractivity contribution in [1.82, 2.24) is 5.43 Å². The predicted molar refractivity (Wildman–Crippen MR) is 111 cm³/mol. The molecule has 1 aliphatic rings. The lowest BCUT2D eigenvalue weighted by molar-refractivity contribution is 0.415. The van der Waals surface area contributed by atoms with Crippen molar-refractivity contribution in [2.45, 2.75) is 6.04 Å². The maximum Gasteiger partial charge on any atom is 0.119 e. The standard InChI is InChI=1S/C24H22N2O/c1-27-23-16-14-22(15-17-23)26-24(20-10-6-3-7-11-20)18-21(25-26)13-12-19-8-4-2-5-9-19/h2-18,24-25H,1H3. The van der Waals surface area contributed by atoms with Crippen LogP contribution < -0.4 is 15.2 Å². The van der Waals surface area contributed by atoms with Crippen LogP contribution >= 0.6 is 0 Å². The van der Waals surface area contributed by atoms with Crippen LogP contribution in [0.4, 0.5) is 5.69 Å². The predicted octanol–water partition coefficient (Wildman–Crippen LogP) is 5.36. The van der Waals surface area contributed by atoms with Crippen molar-refractivity contribution >= 4 is 11.8 Å². The van der Waals surface area contributed by atoms with E-state index in [-0.39, 0.29) is 6.04 Å². The highest BCUT2D eigenvalue weighted by Crippen LogP contribution is 2.33. The molecule has 0 spiro atoms. The minimum atomic E-state index is 0.120. The average molecular weight is 354 g/mol. The van der Waals surface area contributed by atoms with Gasteiger partial charge in [-0.05, 0) is 47.5 Å². The van der Waals surface area contributed by atoms with Crippen molar-refractivity contribution < 1.29 is 4.74 Å². The summed E-state index contributed by atoms with van der Waals surface area (Å²) in [5, 5.41) is 2.18. The summed E-state index contributed by atoms with van der Waals surface area (Å²) >= 11 is 0. The Bertz CT molecular complexity index is 931. The maximum absolute atomic E-state index is 5.29. The molecule has 0 saturated heterocycles. The van der Waals surface area contributed by atoms with E-state index in [2.05, 4.69) is 77.2 Å². The molecule has 1 N–H and O–H groups in total. The number of benzene rings is 3. The second kappa shape index (κ2) is 7.83. The third-order valence-electron chi connectivity index (χ3n) is 4.61. The van der Waals surface area contributed by atoms with Gasteiger partial charge in [0.25, 0.3) is 0 Å². The third-order valence-corrected chi connectivity index (χ3v) is 4.61. The monoisotopic (exact) mass is 354 g/mol. The van der Waals surface area contributed by atoms with Crippen molar-refractivity contribution in [2.24, 2.45) is 0 Å². The van der Waals surface area contributed by atoms with E-state index in [1.807, 2.05) is 36.4 Å². The van der Waals surface area contributed by atoms with Crippen LogP contribution in [0.25, 0.3) is 6.08 Å². The van der Waals surface area contributed by atoms with Crippen molar-refractivity contribution in [3.8, 4) is 5.75 Å². The van der Waals surface area contributed by atoms with Crippen LogP contribution in [0.2, 0.25) is 0 Å². The van der Waals surface area contributed by atoms with Gasteiger partial charge in [-0.25, -0.2) is 0 Å². The summed E-state index contributed by atoms with van der Waals surface area (Å²) in [4.78, 5) is 0. The number of hydrogen-bond acceptors (Lipinski definition) is 3. The highest BCUT2D eigenvalue weighted by atomic mass is 16.5. The van der Waals surface area contributed by atoms with E-state index in [0.29, 0.717) is 0 Å². The number of hydrazine groups is 1. The largest absolute Gasteiger partial charge is 0.497 e. The van der Waals surface area contributed by atoms with Crippen LogP contribution in [0.15, 0.2) is 103 Å². The lowest BCUT2D eigenvalue weighted by Crippen LogP contribution is -2.33. The Morgan fingerprint density at radius 3 is 2.15 bits per heavy atom. The fourth-order valence-corrected chi connectivity index (χ4v) is 3.20. The molecule has 0 aromatic heterocycles. The Morgan fingerprint density at radius 1 is 0.815 bits per heavy atom. The zero-order chi connectivity index (χ0) is 18.5. The van der Waals surface area contributed by atoms with E-state index in [9.17, 15) is 0 Å². The van der Waals surface area contributed by atoms with Crippen molar-refractivity contribution in [2.75, 3.05) is 12.1 Å². The molecule has 0 saturated carbocycles. The first-order valence-corrected chi connectivity index (χ1v) is 9.03. The van der Waals surface area contributed by atoms with Gasteiger partial charge in [0.05, 0.1) is 24.5 Å². The topological polar surface area (TPSA) is 24.5 Å². The minimum absolute atomic E-state index is 0.120. The molecule has 1 atom stereocenters. The van der Waals surface area contributed by atoms with E-state index >= 15 is 0 Å². The molecule has 3 aromatic carbocycles. The Kier molecular flexibility index (Phi) is 4.93. The van der Waals surface area contributed by atoms with Crippen molar-refractivity contribution in [3.63, 3.8) is 0 Å². The lowest BCUT2D eigenvalue weighted by Gasteiger charge is -2.27. The molecule has 1 aliphatic heterocycles. The fraction of sp³-hybridized carbons (Fsp3) is 0.0833. The van der Waals surface area contributed by atoms with Gasteiger partial charge < -0.3 is 4.74 Å². The van der Waals surface area contributed by atoms with Crippen LogP contribution in [0.1, 0.15) is 17.2 Å². The van der Waals surface area contributed by atoms with Gasteiger partial charge in [-0.1, -0.05) is 66.7 Å². The van der Waals surface area contributed by atoms with E-state index in [4.69, 9.17) is 4.74 Å². The third kappa shape index (κ3) is 3.87. The Morgan fingerprint density at radius 2 is 1.48 bits per heavy atom. The first-order valence-electron chi connectivity index (χ1n) is 9.03. The smallest absolute Gasteiger partial charge is 0.119 e. The second-order valence-electron chi connectivity index (χ2n) is 6.40. The molecule has 1 unspecified atom stereocenters. The molecule has 3 nitrogen and oxygen atoms in total. The van der Waals surface area contributed by atoms with Crippen molar-refractivity contribution in [1.29, 1.82) is 0 Å². The molecule has 4 rings (SSSR count). The molecular weight excluding hydrogens is 332 g/mol. The van der Waals surface area contributed by atoms with E-state index in [0.717, 1.165) is 17.1 Å². The summed E-state index contributed by atoms with van der Waals surface area (Å²) < 4.78 is 5.29. The number of ether oxygens (including phenoxy) is 1. The molecule has 3 heteroatoms. The molecule has 0 bridgehead atoms. The molecule has 134 valence electrons. The van der Waals surface area contributed by atoms with E-state index in [1.165, 1.54) is 11.1 Å². The van der Waals surface area contributed by atoms with E-state index in [1.54, 1.807) is 7.11 Å². The van der Waals surface area contributed by atoms with Crippen LogP contribution in [-0.4, -0.2) is 7.11 Å². The molecule has 1 heterocycles. The fourth-order valence-electron chi connectivity index (χ4n) is 3.20. The molecule has 0 radical (unpaired) electrons. The van der Waals surface area contributed by atoms with Gasteiger partial charge in [-0.2, -0.15) is 0 Å². The van der Waals surface area contributed by atoms with Crippen LogP contribution in [0, 0.1) is 0 Å². The van der Waals surface area contributed by atoms with Gasteiger partial charge in [0.15, 0.2) is 0 Å². The van der Waals surface area contributed by atoms with Crippen LogP contribution in [-0.2, 0) is 0 Å². The zero-order valence-corrected chi connectivity index (χ0v) is 15.2. The molecule has 0 fully saturated rings. The average Bonchev–Trinajstić information content (AvgIpc) is 3.18. The number of hydrogen-bond donors (Lipinski definition) is 1. The van der Waals surface area contributed by atoms with Gasteiger partial charge in [-0.3, -0.25) is 10.4 Å². The Labute approximate surface area is 160 Å². The molecule has 3 aromatic rings. The summed E-state index contributed by atoms with van der Waals surface area (Å²) in [6.07, 6.45) is 6.49. The number of allylic oxidation sites excluding steroid dienone is 1. The minimum Gasteiger partial charge on any atom is -0.497 e. The lowest BCUT2D eigenvalue weighted by atomic mass is 10.1. The van der Waals surface area contributed by atoms with Gasteiger partial charge in [0.1, 0.15) is 5.75 Å². The van der Waals surface area contributed by atoms with E-state index < -0.39 is 0 Å². The summed E-state index contributed by atoms with van der Waals surface area (Å²) in [5.41, 5.74) is 8.11. The van der Waals surface area contributed by atoms with Gasteiger partial charge in [0.2, 0.25) is 0 Å². The Balaban J connectivity index is 1.63. The first-order chi connectivity index (χ1) is 13.3. The normalized spacial score (nSPS) is 16.3. The number of nitrogens with one attached hydrogen (secondary N) is 1. The number of methoxy groups -OCH3 is 1. The highest BCUT2D eigenvalue weighted by Gasteiger charge is 2.25. The second-order valence-corrected chi connectivity index (χ2v) is 6.40. The number of rotatable bonds is 5. The summed E-state index contributed by atoms with van der Waals surface area (Å²) in [7, 11) is 1.68. The first kappa shape index (κ1) is 17.0. The molecule has 0 amide bonds. The summed E-state index contributed by atoms with van der Waals surface area (Å²) in [6.45, 7) is 0. The number of anilines is 1. The molecular formula is C24H22N2O. The highest BCUT2D eigenvalue weighted by molar-refractivity contribution is 5.58. The number of nitrogens with zero attached hydrogens (tertiary/aromatic N) is 1. The van der Waals surface area contributed by atoms with Gasteiger partial charge >= 0.3 is 0 Å². The van der Waals surface area contributed by atoms with Crippen LogP contribution in [0.3, 0.4) is 0 Å². The summed E-state index contributed by atoms with van der Waals surface area (Å²) in [6, 6.07) is 29.1. The maximum atomic E-state index is 5.29. The molecule has 27 heavy (non-hydrogen) atoms. The quantitative estimate of drug-likeness (QED) is 0.668. The van der Waals surface area contributed by atoms with Crippen LogP contribution in [0.5, 0.6) is 5.75 Å². The SMILES string of the molecule is COc1ccc(N2NC(C=Cc3ccccc3)=CC2c2ccccc2)cc1. The van der Waals surface area contributed by atoms with Gasteiger partial charge in [-0.15, -0.1) is 0 Å². The molecule has 0 aliphatic carbocycles. The van der Waals surface area contributed by atoms with Crippen molar-refractivity contribution in [3.05, 3.63) is 114 Å².